The monoisotopic (exact) mass is 430 g/mol. The van der Waals surface area contributed by atoms with E-state index in [1.54, 1.807) is 12.4 Å². The zero-order chi connectivity index (χ0) is 21.1. The molecule has 4 rings (SSSR count). The van der Waals surface area contributed by atoms with E-state index in [1.165, 1.54) is 0 Å². The first-order chi connectivity index (χ1) is 14.4. The van der Waals surface area contributed by atoms with Crippen LogP contribution in [0.5, 0.6) is 5.75 Å². The first-order valence-electron chi connectivity index (χ1n) is 9.98. The number of sulfonamides is 1. The minimum atomic E-state index is -3.19. The molecule has 160 valence electrons. The van der Waals surface area contributed by atoms with E-state index < -0.39 is 10.4 Å². The van der Waals surface area contributed by atoms with E-state index in [0.29, 0.717) is 13.1 Å². The number of nitrogens with one attached hydrogen (secondary N) is 1. The molecule has 1 saturated heterocycles. The van der Waals surface area contributed by atoms with Crippen LogP contribution in [-0.4, -0.2) is 56.1 Å². The Morgan fingerprint density at radius 2 is 2.10 bits per heavy atom. The topological polar surface area (TPSA) is 108 Å². The van der Waals surface area contributed by atoms with E-state index in [2.05, 4.69) is 24.6 Å². The SMILES string of the molecule is Cc1nccc(N2CCC(Oc3cnc4c(ccn4CCN[S+](C)(=O)[O-])c3)CC2)n1. The Morgan fingerprint density at radius 1 is 1.30 bits per heavy atom. The van der Waals surface area contributed by atoms with Crippen LogP contribution in [0.15, 0.2) is 36.8 Å². The van der Waals surface area contributed by atoms with Crippen molar-refractivity contribution in [2.45, 2.75) is 32.4 Å². The standard InChI is InChI=1S/C20H26N6O3S/c1-15-21-7-3-19(24-15)25-10-5-17(6-11-25)29-18-13-16-4-9-26(20(16)22-14-18)12-8-23-30(2,27)28/h3-4,7,9,13-14,17H,5-6,8,10-12H2,1-2H3,(H-,23,27,28). The fourth-order valence-corrected chi connectivity index (χ4v) is 4.13. The largest absolute Gasteiger partial charge is 0.598 e. The molecular formula is C20H26N6O3S. The number of hydrogen-bond acceptors (Lipinski definition) is 7. The molecule has 30 heavy (non-hydrogen) atoms. The molecule has 0 spiro atoms. The fraction of sp³-hybridized carbons (Fsp3) is 0.450. The van der Waals surface area contributed by atoms with Crippen molar-refractivity contribution in [3.63, 3.8) is 0 Å². The fourth-order valence-electron chi connectivity index (χ4n) is 3.67. The number of anilines is 1. The van der Waals surface area contributed by atoms with Crippen LogP contribution in [0.4, 0.5) is 5.82 Å². The van der Waals surface area contributed by atoms with Crippen molar-refractivity contribution in [3.8, 4) is 5.75 Å². The predicted molar refractivity (Wildman–Crippen MR) is 115 cm³/mol. The second-order valence-corrected chi connectivity index (χ2v) is 9.36. The minimum Gasteiger partial charge on any atom is -0.598 e. The third-order valence-electron chi connectivity index (χ3n) is 5.12. The van der Waals surface area contributed by atoms with Crippen molar-refractivity contribution in [3.05, 3.63) is 42.6 Å². The summed E-state index contributed by atoms with van der Waals surface area (Å²) in [7, 11) is -3.19. The zero-order valence-corrected chi connectivity index (χ0v) is 18.0. The lowest BCUT2D eigenvalue weighted by Gasteiger charge is -2.32. The number of nitrogens with zero attached hydrogens (tertiary/aromatic N) is 5. The normalized spacial score (nSPS) is 17.2. The summed E-state index contributed by atoms with van der Waals surface area (Å²) in [4.78, 5) is 15.5. The number of ether oxygens (including phenoxy) is 1. The summed E-state index contributed by atoms with van der Waals surface area (Å²) in [5.41, 5.74) is 0.812. The highest BCUT2D eigenvalue weighted by Gasteiger charge is 2.22. The van der Waals surface area contributed by atoms with Gasteiger partial charge in [-0.15, -0.1) is 4.72 Å². The Kier molecular flexibility index (Phi) is 5.98. The van der Waals surface area contributed by atoms with Crippen molar-refractivity contribution in [2.24, 2.45) is 0 Å². The third-order valence-corrected chi connectivity index (χ3v) is 5.85. The van der Waals surface area contributed by atoms with Crippen molar-refractivity contribution in [2.75, 3.05) is 30.8 Å². The van der Waals surface area contributed by atoms with Gasteiger partial charge >= 0.3 is 0 Å². The van der Waals surface area contributed by atoms with Gasteiger partial charge in [0.15, 0.2) is 0 Å². The van der Waals surface area contributed by atoms with E-state index >= 15 is 0 Å². The Morgan fingerprint density at radius 3 is 2.83 bits per heavy atom. The van der Waals surface area contributed by atoms with Crippen molar-refractivity contribution in [1.29, 1.82) is 0 Å². The Bertz CT molecular complexity index is 1060. The lowest BCUT2D eigenvalue weighted by molar-refractivity contribution is 0.170. The maximum atomic E-state index is 11.2. The van der Waals surface area contributed by atoms with Gasteiger partial charge in [-0.05, 0) is 25.1 Å². The molecule has 1 unspecified atom stereocenters. The lowest BCUT2D eigenvalue weighted by atomic mass is 10.1. The van der Waals surface area contributed by atoms with Gasteiger partial charge in [-0.2, -0.15) is 0 Å². The summed E-state index contributed by atoms with van der Waals surface area (Å²) in [6.45, 7) is 4.52. The molecule has 1 aliphatic heterocycles. The van der Waals surface area contributed by atoms with Crippen LogP contribution < -0.4 is 14.4 Å². The molecule has 0 aromatic carbocycles. The summed E-state index contributed by atoms with van der Waals surface area (Å²) in [5, 5.41) is 0.973. The second-order valence-electron chi connectivity index (χ2n) is 7.53. The number of piperidine rings is 1. The highest BCUT2D eigenvalue weighted by molar-refractivity contribution is 7.95. The smallest absolute Gasteiger partial charge is 0.140 e. The zero-order valence-electron chi connectivity index (χ0n) is 17.2. The quantitative estimate of drug-likeness (QED) is 0.571. The van der Waals surface area contributed by atoms with Crippen LogP contribution in [0.1, 0.15) is 18.7 Å². The van der Waals surface area contributed by atoms with E-state index in [0.717, 1.165) is 60.6 Å². The first-order valence-corrected chi connectivity index (χ1v) is 11.9. The van der Waals surface area contributed by atoms with Gasteiger partial charge in [-0.1, -0.05) is 4.21 Å². The van der Waals surface area contributed by atoms with Crippen molar-refractivity contribution >= 4 is 27.3 Å². The van der Waals surface area contributed by atoms with E-state index in [4.69, 9.17) is 4.74 Å². The molecule has 0 bridgehead atoms. The highest BCUT2D eigenvalue weighted by atomic mass is 32.3. The van der Waals surface area contributed by atoms with E-state index in [1.807, 2.05) is 35.9 Å². The predicted octanol–water partition coefficient (Wildman–Crippen LogP) is 1.95. The molecule has 0 aliphatic carbocycles. The molecule has 9 nitrogen and oxygen atoms in total. The summed E-state index contributed by atoms with van der Waals surface area (Å²) in [6, 6.07) is 5.90. The van der Waals surface area contributed by atoms with Gasteiger partial charge in [0, 0.05) is 50.3 Å². The van der Waals surface area contributed by atoms with Gasteiger partial charge in [0.1, 0.15) is 45.8 Å². The lowest BCUT2D eigenvalue weighted by Crippen LogP contribution is -2.38. The molecule has 1 fully saturated rings. The molecule has 10 heteroatoms. The number of hydrogen-bond donors (Lipinski definition) is 1. The molecule has 1 atom stereocenters. The molecule has 3 aromatic rings. The summed E-state index contributed by atoms with van der Waals surface area (Å²) < 4.78 is 33.0. The number of aryl methyl sites for hydroxylation is 1. The average Bonchev–Trinajstić information content (AvgIpc) is 3.10. The van der Waals surface area contributed by atoms with Crippen LogP contribution >= 0.6 is 0 Å². The Hall–Kier alpha value is -2.56. The van der Waals surface area contributed by atoms with Gasteiger partial charge in [0.2, 0.25) is 0 Å². The molecule has 1 N–H and O–H groups in total. The van der Waals surface area contributed by atoms with Gasteiger partial charge < -0.3 is 18.8 Å². The number of pyridine rings is 1. The van der Waals surface area contributed by atoms with Gasteiger partial charge in [-0.3, -0.25) is 0 Å². The van der Waals surface area contributed by atoms with Crippen molar-refractivity contribution < 1.29 is 13.5 Å². The minimum absolute atomic E-state index is 0.143. The molecule has 0 radical (unpaired) electrons. The number of fused-ring (bicyclic) bond motifs is 1. The summed E-state index contributed by atoms with van der Waals surface area (Å²) in [6.07, 6.45) is 8.57. The van der Waals surface area contributed by atoms with Crippen molar-refractivity contribution in [1.82, 2.24) is 24.2 Å². The Balaban J connectivity index is 1.34. The molecule has 4 heterocycles. The maximum absolute atomic E-state index is 11.2. The maximum Gasteiger partial charge on any atom is 0.140 e. The number of aromatic nitrogens is 4. The molecular weight excluding hydrogens is 404 g/mol. The summed E-state index contributed by atoms with van der Waals surface area (Å²) >= 11 is 0. The van der Waals surface area contributed by atoms with E-state index in [-0.39, 0.29) is 6.10 Å². The highest BCUT2D eigenvalue weighted by Crippen LogP contribution is 2.24. The molecule has 1 aliphatic rings. The molecule has 0 amide bonds. The summed E-state index contributed by atoms with van der Waals surface area (Å²) in [5.74, 6) is 2.51. The van der Waals surface area contributed by atoms with Crippen LogP contribution in [0.3, 0.4) is 0 Å². The molecule has 0 saturated carbocycles. The molecule has 3 aromatic heterocycles. The number of rotatable bonds is 7. The Labute approximate surface area is 176 Å². The van der Waals surface area contributed by atoms with Crippen LogP contribution in [0, 0.1) is 6.92 Å². The first kappa shape index (κ1) is 20.7. The van der Waals surface area contributed by atoms with Gasteiger partial charge in [-0.25, -0.2) is 15.0 Å². The van der Waals surface area contributed by atoms with Crippen LogP contribution in [0.25, 0.3) is 11.0 Å². The second kappa shape index (κ2) is 8.66. The van der Waals surface area contributed by atoms with Crippen LogP contribution in [0.2, 0.25) is 0 Å². The van der Waals surface area contributed by atoms with Gasteiger partial charge in [0.05, 0.1) is 12.7 Å². The average molecular weight is 431 g/mol. The van der Waals surface area contributed by atoms with Crippen LogP contribution in [-0.2, 0) is 21.2 Å². The van der Waals surface area contributed by atoms with Gasteiger partial charge in [0.25, 0.3) is 0 Å². The third kappa shape index (κ3) is 5.13. The van der Waals surface area contributed by atoms with E-state index in [9.17, 15) is 8.76 Å².